The fraction of sp³-hybridized carbons (Fsp3) is 0.500. The lowest BCUT2D eigenvalue weighted by Crippen LogP contribution is -2.31. The molecule has 22 heavy (non-hydrogen) atoms. The van der Waals surface area contributed by atoms with Gasteiger partial charge in [-0.15, -0.1) is 0 Å². The maximum Gasteiger partial charge on any atom is 0.255 e. The summed E-state index contributed by atoms with van der Waals surface area (Å²) in [5, 5.41) is 6.10. The van der Waals surface area contributed by atoms with Crippen LogP contribution in [0.15, 0.2) is 18.2 Å². The van der Waals surface area contributed by atoms with Crippen LogP contribution in [0.2, 0.25) is 5.02 Å². The van der Waals surface area contributed by atoms with E-state index in [1.165, 1.54) is 0 Å². The maximum atomic E-state index is 12.3. The number of hydrogen-bond donors (Lipinski definition) is 2. The van der Waals surface area contributed by atoms with Gasteiger partial charge in [0.2, 0.25) is 5.91 Å². The van der Waals surface area contributed by atoms with Crippen LogP contribution in [0, 0.1) is 5.92 Å². The number of carbonyl (C=O) groups is 2. The Kier molecular flexibility index (Phi) is 7.35. The van der Waals surface area contributed by atoms with E-state index >= 15 is 0 Å². The molecular weight excluding hydrogens is 302 g/mol. The van der Waals surface area contributed by atoms with Crippen LogP contribution in [0.3, 0.4) is 0 Å². The van der Waals surface area contributed by atoms with Gasteiger partial charge in [0.25, 0.3) is 5.91 Å². The summed E-state index contributed by atoms with van der Waals surface area (Å²) < 4.78 is 0. The fourth-order valence-electron chi connectivity index (χ4n) is 2.11. The molecule has 0 heterocycles. The SMILES string of the molecule is CCN(CC)C(=O)c1ccc(NC(=O)C(C)CNC)cc1Cl. The number of nitrogens with zero attached hydrogens (tertiary/aromatic N) is 1. The van der Waals surface area contributed by atoms with Gasteiger partial charge in [-0.2, -0.15) is 0 Å². The molecule has 0 aliphatic heterocycles. The molecule has 6 heteroatoms. The fourth-order valence-corrected chi connectivity index (χ4v) is 2.37. The molecule has 1 atom stereocenters. The second-order valence-corrected chi connectivity index (χ2v) is 5.53. The lowest BCUT2D eigenvalue weighted by Gasteiger charge is -2.19. The van der Waals surface area contributed by atoms with E-state index in [0.717, 1.165) is 0 Å². The van der Waals surface area contributed by atoms with Crippen molar-refractivity contribution >= 4 is 29.1 Å². The Morgan fingerprint density at radius 1 is 1.27 bits per heavy atom. The monoisotopic (exact) mass is 325 g/mol. The third-order valence-corrected chi connectivity index (χ3v) is 3.79. The quantitative estimate of drug-likeness (QED) is 0.810. The molecule has 1 unspecified atom stereocenters. The van der Waals surface area contributed by atoms with E-state index in [-0.39, 0.29) is 17.7 Å². The molecule has 5 nitrogen and oxygen atoms in total. The summed E-state index contributed by atoms with van der Waals surface area (Å²) >= 11 is 6.20. The molecule has 0 aliphatic carbocycles. The van der Waals surface area contributed by atoms with Crippen molar-refractivity contribution in [1.29, 1.82) is 0 Å². The highest BCUT2D eigenvalue weighted by Crippen LogP contribution is 2.23. The Balaban J connectivity index is 2.86. The van der Waals surface area contributed by atoms with Gasteiger partial charge in [0.1, 0.15) is 0 Å². The highest BCUT2D eigenvalue weighted by atomic mass is 35.5. The van der Waals surface area contributed by atoms with Crippen LogP contribution < -0.4 is 10.6 Å². The van der Waals surface area contributed by atoms with Gasteiger partial charge >= 0.3 is 0 Å². The van der Waals surface area contributed by atoms with Gasteiger partial charge in [0, 0.05) is 31.2 Å². The first-order valence-corrected chi connectivity index (χ1v) is 7.86. The third-order valence-electron chi connectivity index (χ3n) is 3.48. The second kappa shape index (κ2) is 8.76. The Labute approximate surface area is 137 Å². The van der Waals surface area contributed by atoms with Crippen molar-refractivity contribution in [2.75, 3.05) is 32.0 Å². The molecule has 1 rings (SSSR count). The van der Waals surface area contributed by atoms with Crippen LogP contribution in [-0.4, -0.2) is 43.4 Å². The molecule has 0 saturated heterocycles. The molecule has 0 saturated carbocycles. The number of hydrogen-bond acceptors (Lipinski definition) is 3. The molecular formula is C16H24ClN3O2. The zero-order valence-electron chi connectivity index (χ0n) is 13.6. The summed E-state index contributed by atoms with van der Waals surface area (Å²) in [6.07, 6.45) is 0. The summed E-state index contributed by atoms with van der Waals surface area (Å²) in [5.41, 5.74) is 1.04. The Morgan fingerprint density at radius 3 is 2.41 bits per heavy atom. The number of rotatable bonds is 7. The summed E-state index contributed by atoms with van der Waals surface area (Å²) in [6.45, 7) is 7.54. The van der Waals surface area contributed by atoms with Crippen molar-refractivity contribution in [3.8, 4) is 0 Å². The van der Waals surface area contributed by atoms with Crippen molar-refractivity contribution in [2.45, 2.75) is 20.8 Å². The minimum Gasteiger partial charge on any atom is -0.339 e. The van der Waals surface area contributed by atoms with Gasteiger partial charge in [0.15, 0.2) is 0 Å². The molecule has 0 bridgehead atoms. The highest BCUT2D eigenvalue weighted by molar-refractivity contribution is 6.34. The van der Waals surface area contributed by atoms with E-state index < -0.39 is 0 Å². The largest absolute Gasteiger partial charge is 0.339 e. The summed E-state index contributed by atoms with van der Waals surface area (Å²) in [5.74, 6) is -0.342. The predicted octanol–water partition coefficient (Wildman–Crippen LogP) is 2.62. The van der Waals surface area contributed by atoms with Crippen molar-refractivity contribution in [3.63, 3.8) is 0 Å². The highest BCUT2D eigenvalue weighted by Gasteiger charge is 2.17. The lowest BCUT2D eigenvalue weighted by atomic mass is 10.1. The van der Waals surface area contributed by atoms with Gasteiger partial charge in [0.05, 0.1) is 10.6 Å². The minimum absolute atomic E-state index is 0.0896. The van der Waals surface area contributed by atoms with Crippen LogP contribution >= 0.6 is 11.6 Å². The maximum absolute atomic E-state index is 12.3. The molecule has 0 spiro atoms. The Morgan fingerprint density at radius 2 is 1.91 bits per heavy atom. The first-order valence-electron chi connectivity index (χ1n) is 7.48. The Bertz CT molecular complexity index is 530. The number of benzene rings is 1. The molecule has 0 aliphatic rings. The van der Waals surface area contributed by atoms with E-state index in [2.05, 4.69) is 10.6 Å². The average molecular weight is 326 g/mol. The van der Waals surface area contributed by atoms with E-state index in [0.29, 0.717) is 35.9 Å². The number of anilines is 1. The van der Waals surface area contributed by atoms with Crippen LogP contribution in [0.4, 0.5) is 5.69 Å². The molecule has 2 N–H and O–H groups in total. The second-order valence-electron chi connectivity index (χ2n) is 5.12. The molecule has 1 aromatic rings. The van der Waals surface area contributed by atoms with Gasteiger partial charge in [-0.05, 0) is 39.1 Å². The topological polar surface area (TPSA) is 61.4 Å². The number of nitrogens with one attached hydrogen (secondary N) is 2. The van der Waals surface area contributed by atoms with E-state index in [9.17, 15) is 9.59 Å². The van der Waals surface area contributed by atoms with Crippen molar-refractivity contribution in [1.82, 2.24) is 10.2 Å². The third kappa shape index (κ3) is 4.71. The molecule has 2 amide bonds. The zero-order valence-corrected chi connectivity index (χ0v) is 14.3. The average Bonchev–Trinajstić information content (AvgIpc) is 2.48. The van der Waals surface area contributed by atoms with Gasteiger partial charge < -0.3 is 15.5 Å². The number of carbonyl (C=O) groups excluding carboxylic acids is 2. The van der Waals surface area contributed by atoms with E-state index in [1.54, 1.807) is 30.1 Å². The zero-order chi connectivity index (χ0) is 16.7. The Hall–Kier alpha value is -1.59. The van der Waals surface area contributed by atoms with Gasteiger partial charge in [-0.3, -0.25) is 9.59 Å². The molecule has 0 radical (unpaired) electrons. The predicted molar refractivity (Wildman–Crippen MR) is 90.4 cm³/mol. The van der Waals surface area contributed by atoms with Crippen LogP contribution in [0.1, 0.15) is 31.1 Å². The van der Waals surface area contributed by atoms with E-state index in [1.807, 2.05) is 20.8 Å². The lowest BCUT2D eigenvalue weighted by molar-refractivity contribution is -0.119. The van der Waals surface area contributed by atoms with Crippen LogP contribution in [0.25, 0.3) is 0 Å². The number of amides is 2. The van der Waals surface area contributed by atoms with Gasteiger partial charge in [-0.1, -0.05) is 18.5 Å². The van der Waals surface area contributed by atoms with Crippen molar-refractivity contribution in [3.05, 3.63) is 28.8 Å². The normalized spacial score (nSPS) is 11.9. The standard InChI is InChI=1S/C16H24ClN3O2/c1-5-20(6-2)16(22)13-8-7-12(9-14(13)17)19-15(21)11(3)10-18-4/h7-9,11,18H,5-6,10H2,1-4H3,(H,19,21). The molecule has 0 aromatic heterocycles. The first kappa shape index (κ1) is 18.5. The van der Waals surface area contributed by atoms with Crippen molar-refractivity contribution in [2.24, 2.45) is 5.92 Å². The van der Waals surface area contributed by atoms with Gasteiger partial charge in [-0.25, -0.2) is 0 Å². The number of halogens is 1. The van der Waals surface area contributed by atoms with Crippen molar-refractivity contribution < 1.29 is 9.59 Å². The molecule has 0 fully saturated rings. The van der Waals surface area contributed by atoms with Crippen LogP contribution in [0.5, 0.6) is 0 Å². The smallest absolute Gasteiger partial charge is 0.255 e. The minimum atomic E-state index is -0.152. The summed E-state index contributed by atoms with van der Waals surface area (Å²) in [6, 6.07) is 4.97. The molecule has 122 valence electrons. The molecule has 1 aromatic carbocycles. The first-order chi connectivity index (χ1) is 10.4. The van der Waals surface area contributed by atoms with Crippen LogP contribution in [-0.2, 0) is 4.79 Å². The summed E-state index contributed by atoms with van der Waals surface area (Å²) in [7, 11) is 1.80. The summed E-state index contributed by atoms with van der Waals surface area (Å²) in [4.78, 5) is 26.0. The van der Waals surface area contributed by atoms with E-state index in [4.69, 9.17) is 11.6 Å².